The van der Waals surface area contributed by atoms with Crippen molar-refractivity contribution in [3.8, 4) is 0 Å². The van der Waals surface area contributed by atoms with E-state index in [4.69, 9.17) is 0 Å². The lowest BCUT2D eigenvalue weighted by Gasteiger charge is -2.09. The van der Waals surface area contributed by atoms with Crippen LogP contribution in [0.1, 0.15) is 47.0 Å². The lowest BCUT2D eigenvalue weighted by Crippen LogP contribution is -2.07. The van der Waals surface area contributed by atoms with Crippen LogP contribution in [-0.4, -0.2) is 11.2 Å². The monoisotopic (exact) mass is 182 g/mol. The van der Waals surface area contributed by atoms with E-state index in [2.05, 4.69) is 32.9 Å². The summed E-state index contributed by atoms with van der Waals surface area (Å²) < 4.78 is 0. The summed E-state index contributed by atoms with van der Waals surface area (Å²) in [5.41, 5.74) is 2.42. The molecule has 1 N–H and O–H groups in total. The molecule has 1 unspecified atom stereocenters. The summed E-state index contributed by atoms with van der Waals surface area (Å²) in [6.07, 6.45) is 6.82. The molecule has 13 heavy (non-hydrogen) atoms. The summed E-state index contributed by atoms with van der Waals surface area (Å²) in [6, 6.07) is 0. The highest BCUT2D eigenvalue weighted by molar-refractivity contribution is 5.05. The Balaban J connectivity index is 3.81. The van der Waals surface area contributed by atoms with Gasteiger partial charge in [0.15, 0.2) is 0 Å². The lowest BCUT2D eigenvalue weighted by atomic mass is 10.0. The van der Waals surface area contributed by atoms with Crippen LogP contribution in [-0.2, 0) is 0 Å². The van der Waals surface area contributed by atoms with E-state index in [9.17, 15) is 5.11 Å². The van der Waals surface area contributed by atoms with Gasteiger partial charge < -0.3 is 5.11 Å². The van der Waals surface area contributed by atoms with Crippen LogP contribution in [0.25, 0.3) is 0 Å². The molecule has 0 saturated heterocycles. The van der Waals surface area contributed by atoms with Gasteiger partial charge in [0.25, 0.3) is 0 Å². The third kappa shape index (κ3) is 6.59. The van der Waals surface area contributed by atoms with E-state index in [1.165, 1.54) is 5.57 Å². The predicted molar refractivity (Wildman–Crippen MR) is 58.7 cm³/mol. The quantitative estimate of drug-likeness (QED) is 0.646. The predicted octanol–water partition coefficient (Wildman–Crippen LogP) is 3.45. The van der Waals surface area contributed by atoms with Gasteiger partial charge in [0.2, 0.25) is 0 Å². The molecule has 0 heterocycles. The van der Waals surface area contributed by atoms with Crippen LogP contribution < -0.4 is 0 Å². The molecule has 76 valence electrons. The van der Waals surface area contributed by atoms with Crippen molar-refractivity contribution in [3.05, 3.63) is 23.3 Å². The number of hydrogen-bond acceptors (Lipinski definition) is 1. The highest BCUT2D eigenvalue weighted by Gasteiger charge is 2.03. The normalized spacial score (nSPS) is 14.1. The Labute approximate surface area is 82.2 Å². The largest absolute Gasteiger partial charge is 0.389 e. The molecule has 0 rings (SSSR count). The Morgan fingerprint density at radius 3 is 2.31 bits per heavy atom. The molecule has 0 saturated carbocycles. The zero-order valence-electron chi connectivity index (χ0n) is 9.30. The highest BCUT2D eigenvalue weighted by atomic mass is 16.3. The maximum Gasteiger partial charge on any atom is 0.0750 e. The SMILES string of the molecule is CC/C=C(\C)C(O)CCC=C(C)C. The fourth-order valence-corrected chi connectivity index (χ4v) is 1.22. The molecule has 0 aliphatic heterocycles. The van der Waals surface area contributed by atoms with E-state index < -0.39 is 0 Å². The number of allylic oxidation sites excluding steroid dienone is 3. The molecule has 0 amide bonds. The van der Waals surface area contributed by atoms with Crippen LogP contribution in [0.3, 0.4) is 0 Å². The second kappa shape index (κ2) is 6.90. The minimum atomic E-state index is -0.254. The van der Waals surface area contributed by atoms with Crippen LogP contribution in [0.15, 0.2) is 23.3 Å². The molecule has 0 aliphatic carbocycles. The molecular weight excluding hydrogens is 160 g/mol. The topological polar surface area (TPSA) is 20.2 Å². The van der Waals surface area contributed by atoms with E-state index >= 15 is 0 Å². The summed E-state index contributed by atoms with van der Waals surface area (Å²) >= 11 is 0. The van der Waals surface area contributed by atoms with Crippen molar-refractivity contribution in [2.24, 2.45) is 0 Å². The van der Waals surface area contributed by atoms with E-state index in [1.807, 2.05) is 6.92 Å². The third-order valence-corrected chi connectivity index (χ3v) is 2.04. The van der Waals surface area contributed by atoms with Crippen molar-refractivity contribution in [3.63, 3.8) is 0 Å². The Bertz CT molecular complexity index is 185. The average Bonchev–Trinajstić information content (AvgIpc) is 2.04. The second-order valence-corrected chi connectivity index (χ2v) is 3.73. The van der Waals surface area contributed by atoms with Gasteiger partial charge in [-0.3, -0.25) is 0 Å². The first-order chi connectivity index (χ1) is 6.07. The maximum atomic E-state index is 9.66. The molecule has 0 aromatic rings. The molecular formula is C12H22O. The van der Waals surface area contributed by atoms with Gasteiger partial charge in [-0.25, -0.2) is 0 Å². The van der Waals surface area contributed by atoms with Crippen LogP contribution >= 0.6 is 0 Å². The molecule has 0 aromatic heterocycles. The zero-order valence-corrected chi connectivity index (χ0v) is 9.30. The number of rotatable bonds is 5. The van der Waals surface area contributed by atoms with Gasteiger partial charge in [0.1, 0.15) is 0 Å². The van der Waals surface area contributed by atoms with Gasteiger partial charge in [-0.2, -0.15) is 0 Å². The first-order valence-corrected chi connectivity index (χ1v) is 5.06. The second-order valence-electron chi connectivity index (χ2n) is 3.73. The van der Waals surface area contributed by atoms with Gasteiger partial charge >= 0.3 is 0 Å². The van der Waals surface area contributed by atoms with Gasteiger partial charge in [-0.05, 0) is 45.6 Å². The van der Waals surface area contributed by atoms with Crippen LogP contribution in [0, 0.1) is 0 Å². The number of aliphatic hydroxyl groups is 1. The van der Waals surface area contributed by atoms with Gasteiger partial charge in [-0.15, -0.1) is 0 Å². The Morgan fingerprint density at radius 2 is 1.85 bits per heavy atom. The number of aliphatic hydroxyl groups excluding tert-OH is 1. The molecule has 0 aromatic carbocycles. The molecule has 0 fully saturated rings. The van der Waals surface area contributed by atoms with Gasteiger partial charge in [0, 0.05) is 0 Å². The van der Waals surface area contributed by atoms with Crippen molar-refractivity contribution < 1.29 is 5.11 Å². The molecule has 1 atom stereocenters. The fraction of sp³-hybridized carbons (Fsp3) is 0.667. The zero-order chi connectivity index (χ0) is 10.3. The smallest absolute Gasteiger partial charge is 0.0750 e. The van der Waals surface area contributed by atoms with Crippen molar-refractivity contribution in [2.45, 2.75) is 53.1 Å². The first kappa shape index (κ1) is 12.4. The standard InChI is InChI=1S/C12H22O/c1-5-7-11(4)12(13)9-6-8-10(2)3/h7-8,12-13H,5-6,9H2,1-4H3/b11-7+. The van der Waals surface area contributed by atoms with Crippen molar-refractivity contribution in [1.29, 1.82) is 0 Å². The van der Waals surface area contributed by atoms with E-state index in [0.29, 0.717) is 0 Å². The van der Waals surface area contributed by atoms with Crippen molar-refractivity contribution >= 4 is 0 Å². The van der Waals surface area contributed by atoms with Crippen molar-refractivity contribution in [2.75, 3.05) is 0 Å². The minimum absolute atomic E-state index is 0.254. The maximum absolute atomic E-state index is 9.66. The third-order valence-electron chi connectivity index (χ3n) is 2.04. The van der Waals surface area contributed by atoms with Crippen molar-refractivity contribution in [1.82, 2.24) is 0 Å². The van der Waals surface area contributed by atoms with Crippen LogP contribution in [0.5, 0.6) is 0 Å². The molecule has 0 radical (unpaired) electrons. The summed E-state index contributed by atoms with van der Waals surface area (Å²) in [6.45, 7) is 8.26. The average molecular weight is 182 g/mol. The van der Waals surface area contributed by atoms with Crippen LogP contribution in [0.4, 0.5) is 0 Å². The summed E-state index contributed by atoms with van der Waals surface area (Å²) in [5, 5.41) is 9.66. The highest BCUT2D eigenvalue weighted by Crippen LogP contribution is 2.10. The van der Waals surface area contributed by atoms with Gasteiger partial charge in [-0.1, -0.05) is 24.6 Å². The molecule has 0 spiro atoms. The summed E-state index contributed by atoms with van der Waals surface area (Å²) in [4.78, 5) is 0. The Hall–Kier alpha value is -0.560. The first-order valence-electron chi connectivity index (χ1n) is 5.06. The molecule has 1 nitrogen and oxygen atoms in total. The Morgan fingerprint density at radius 1 is 1.23 bits per heavy atom. The molecule has 1 heteroatoms. The molecule has 0 aliphatic rings. The van der Waals surface area contributed by atoms with E-state index in [0.717, 1.165) is 24.8 Å². The van der Waals surface area contributed by atoms with Crippen LogP contribution in [0.2, 0.25) is 0 Å². The van der Waals surface area contributed by atoms with E-state index in [1.54, 1.807) is 0 Å². The Kier molecular flexibility index (Phi) is 6.61. The summed E-state index contributed by atoms with van der Waals surface area (Å²) in [7, 11) is 0. The van der Waals surface area contributed by atoms with Gasteiger partial charge in [0.05, 0.1) is 6.10 Å². The number of hydrogen-bond donors (Lipinski definition) is 1. The lowest BCUT2D eigenvalue weighted by molar-refractivity contribution is 0.201. The minimum Gasteiger partial charge on any atom is -0.389 e. The molecule has 0 bridgehead atoms. The van der Waals surface area contributed by atoms with E-state index in [-0.39, 0.29) is 6.10 Å². The fourth-order valence-electron chi connectivity index (χ4n) is 1.22. The summed E-state index contributed by atoms with van der Waals surface area (Å²) in [5.74, 6) is 0.